The topological polar surface area (TPSA) is 29.3 Å². The number of halogens is 2. The largest absolute Gasteiger partial charge is 0.329 e. The molecule has 2 N–H and O–H groups in total. The van der Waals surface area contributed by atoms with Crippen LogP contribution in [0, 0.1) is 0 Å². The van der Waals surface area contributed by atoms with Crippen molar-refractivity contribution in [1.29, 1.82) is 0 Å². The number of unbranched alkanes of at least 4 members (excludes halogenated alkanes) is 2. The molecule has 0 saturated carbocycles. The molecule has 0 bridgehead atoms. The van der Waals surface area contributed by atoms with E-state index in [1.54, 1.807) is 6.07 Å². The van der Waals surface area contributed by atoms with Gasteiger partial charge in [0.1, 0.15) is 0 Å². The zero-order chi connectivity index (χ0) is 15.1. The van der Waals surface area contributed by atoms with Gasteiger partial charge in [-0.25, -0.2) is 0 Å². The molecule has 1 aromatic carbocycles. The summed E-state index contributed by atoms with van der Waals surface area (Å²) in [6, 6.07) is 6.32. The first-order valence-electron chi connectivity index (χ1n) is 7.41. The van der Waals surface area contributed by atoms with Crippen molar-refractivity contribution < 1.29 is 0 Å². The van der Waals surface area contributed by atoms with Crippen molar-refractivity contribution in [3.05, 3.63) is 33.8 Å². The van der Waals surface area contributed by atoms with Gasteiger partial charge in [0.2, 0.25) is 0 Å². The van der Waals surface area contributed by atoms with Crippen LogP contribution in [0.1, 0.15) is 51.6 Å². The lowest BCUT2D eigenvalue weighted by molar-refractivity contribution is 0.154. The molecule has 0 aliphatic rings. The van der Waals surface area contributed by atoms with Gasteiger partial charge in [-0.15, -0.1) is 0 Å². The van der Waals surface area contributed by atoms with Crippen molar-refractivity contribution in [2.24, 2.45) is 5.73 Å². The highest BCUT2D eigenvalue weighted by molar-refractivity contribution is 6.34. The Labute approximate surface area is 133 Å². The van der Waals surface area contributed by atoms with Crippen LogP contribution in [0.15, 0.2) is 18.2 Å². The second-order valence-electron chi connectivity index (χ2n) is 5.49. The normalized spacial score (nSPS) is 13.2. The fraction of sp³-hybridized carbons (Fsp3) is 0.625. The van der Waals surface area contributed by atoms with Crippen molar-refractivity contribution in [2.75, 3.05) is 13.1 Å². The molecule has 4 heteroatoms. The predicted molar refractivity (Wildman–Crippen MR) is 89.6 cm³/mol. The average molecular weight is 317 g/mol. The Morgan fingerprint density at radius 3 is 2.15 bits per heavy atom. The quantitative estimate of drug-likeness (QED) is 0.691. The summed E-state index contributed by atoms with van der Waals surface area (Å²) in [5.74, 6) is 0. The first-order chi connectivity index (χ1) is 9.49. The first-order valence-corrected chi connectivity index (χ1v) is 8.17. The molecule has 0 aliphatic heterocycles. The van der Waals surface area contributed by atoms with E-state index in [0.29, 0.717) is 22.6 Å². The number of hydrogen-bond acceptors (Lipinski definition) is 2. The minimum absolute atomic E-state index is 0.169. The molecule has 0 saturated heterocycles. The van der Waals surface area contributed by atoms with E-state index in [0.717, 1.165) is 12.1 Å². The highest BCUT2D eigenvalue weighted by Crippen LogP contribution is 2.28. The van der Waals surface area contributed by atoms with Gasteiger partial charge in [-0.05, 0) is 50.6 Å². The van der Waals surface area contributed by atoms with Crippen LogP contribution >= 0.6 is 23.2 Å². The zero-order valence-electron chi connectivity index (χ0n) is 12.7. The molecule has 1 atom stereocenters. The van der Waals surface area contributed by atoms with Gasteiger partial charge in [0.15, 0.2) is 0 Å². The molecular weight excluding hydrogens is 291 g/mol. The van der Waals surface area contributed by atoms with Gasteiger partial charge in [0.25, 0.3) is 0 Å². The van der Waals surface area contributed by atoms with E-state index in [1.807, 2.05) is 12.1 Å². The van der Waals surface area contributed by atoms with Crippen LogP contribution in [0.4, 0.5) is 0 Å². The maximum atomic E-state index is 6.12. The predicted octanol–water partition coefficient (Wildman–Crippen LogP) is 4.89. The third-order valence-corrected chi connectivity index (χ3v) is 4.01. The van der Waals surface area contributed by atoms with Crippen molar-refractivity contribution in [3.8, 4) is 0 Å². The fourth-order valence-corrected chi connectivity index (χ4v) is 3.09. The average Bonchev–Trinajstić information content (AvgIpc) is 2.36. The van der Waals surface area contributed by atoms with Crippen LogP contribution in [0.2, 0.25) is 10.0 Å². The van der Waals surface area contributed by atoms with E-state index in [1.165, 1.54) is 19.3 Å². The molecule has 0 heterocycles. The lowest BCUT2D eigenvalue weighted by Gasteiger charge is -2.35. The van der Waals surface area contributed by atoms with Gasteiger partial charge < -0.3 is 5.73 Å². The van der Waals surface area contributed by atoms with Crippen LogP contribution < -0.4 is 5.73 Å². The summed E-state index contributed by atoms with van der Waals surface area (Å²) in [5.41, 5.74) is 7.13. The summed E-state index contributed by atoms with van der Waals surface area (Å²) in [6.45, 7) is 8.26. The minimum atomic E-state index is 0.169. The number of benzene rings is 1. The molecule has 0 spiro atoms. The van der Waals surface area contributed by atoms with E-state index < -0.39 is 0 Å². The minimum Gasteiger partial charge on any atom is -0.329 e. The van der Waals surface area contributed by atoms with E-state index in [4.69, 9.17) is 28.9 Å². The summed E-state index contributed by atoms with van der Waals surface area (Å²) in [6.07, 6.45) is 3.67. The Morgan fingerprint density at radius 1 is 1.10 bits per heavy atom. The third-order valence-electron chi connectivity index (χ3n) is 3.58. The number of hydrogen-bond donors (Lipinski definition) is 1. The number of rotatable bonds is 8. The Morgan fingerprint density at radius 2 is 1.70 bits per heavy atom. The Bertz CT molecular complexity index is 387. The van der Waals surface area contributed by atoms with E-state index in [-0.39, 0.29) is 6.04 Å². The van der Waals surface area contributed by atoms with E-state index >= 15 is 0 Å². The summed E-state index contributed by atoms with van der Waals surface area (Å²) in [5, 5.41) is 1.34. The molecule has 0 aliphatic carbocycles. The molecule has 1 rings (SSSR count). The maximum absolute atomic E-state index is 6.12. The number of nitrogens with zero attached hydrogens (tertiary/aromatic N) is 1. The Hall–Kier alpha value is -0.280. The second kappa shape index (κ2) is 8.89. The van der Waals surface area contributed by atoms with Crippen LogP contribution in [-0.4, -0.2) is 24.0 Å². The molecule has 0 aromatic heterocycles. The summed E-state index contributed by atoms with van der Waals surface area (Å²) in [4.78, 5) is 2.44. The van der Waals surface area contributed by atoms with Crippen molar-refractivity contribution in [2.45, 2.75) is 52.1 Å². The summed E-state index contributed by atoms with van der Waals surface area (Å²) >= 11 is 12.2. The van der Waals surface area contributed by atoms with Crippen LogP contribution in [0.3, 0.4) is 0 Å². The lowest BCUT2D eigenvalue weighted by atomic mass is 10.0. The van der Waals surface area contributed by atoms with Crippen LogP contribution in [0.5, 0.6) is 0 Å². The first kappa shape index (κ1) is 17.8. The van der Waals surface area contributed by atoms with E-state index in [2.05, 4.69) is 25.7 Å². The Balaban J connectivity index is 2.93. The highest BCUT2D eigenvalue weighted by atomic mass is 35.5. The standard InChI is InChI=1S/C16H26Cl2N2/c1-4-5-6-7-20(12(2)3)16(11-19)13-8-14(17)10-15(18)9-13/h8-10,12,16H,4-7,11,19H2,1-3H3. The third kappa shape index (κ3) is 5.25. The zero-order valence-corrected chi connectivity index (χ0v) is 14.2. The van der Waals surface area contributed by atoms with Gasteiger partial charge in [-0.3, -0.25) is 4.90 Å². The summed E-state index contributed by atoms with van der Waals surface area (Å²) in [7, 11) is 0. The SMILES string of the molecule is CCCCCN(C(C)C)C(CN)c1cc(Cl)cc(Cl)c1. The molecule has 114 valence electrons. The fourth-order valence-electron chi connectivity index (χ4n) is 2.55. The molecule has 0 radical (unpaired) electrons. The summed E-state index contributed by atoms with van der Waals surface area (Å²) < 4.78 is 0. The van der Waals surface area contributed by atoms with Crippen molar-refractivity contribution in [3.63, 3.8) is 0 Å². The molecule has 20 heavy (non-hydrogen) atoms. The monoisotopic (exact) mass is 316 g/mol. The second-order valence-corrected chi connectivity index (χ2v) is 6.37. The van der Waals surface area contributed by atoms with Gasteiger partial charge in [0, 0.05) is 28.7 Å². The smallest absolute Gasteiger partial charge is 0.0474 e. The Kier molecular flexibility index (Phi) is 7.90. The van der Waals surface area contributed by atoms with Crippen molar-refractivity contribution in [1.82, 2.24) is 4.90 Å². The number of nitrogens with two attached hydrogens (primary N) is 1. The van der Waals surface area contributed by atoms with Gasteiger partial charge in [0.05, 0.1) is 0 Å². The molecule has 0 fully saturated rings. The highest BCUT2D eigenvalue weighted by Gasteiger charge is 2.21. The van der Waals surface area contributed by atoms with Crippen molar-refractivity contribution >= 4 is 23.2 Å². The molecule has 0 amide bonds. The lowest BCUT2D eigenvalue weighted by Crippen LogP contribution is -2.39. The van der Waals surface area contributed by atoms with Crippen LogP contribution in [-0.2, 0) is 0 Å². The maximum Gasteiger partial charge on any atom is 0.0474 e. The molecule has 1 unspecified atom stereocenters. The van der Waals surface area contributed by atoms with Gasteiger partial charge in [-0.1, -0.05) is 43.0 Å². The van der Waals surface area contributed by atoms with Gasteiger partial charge in [-0.2, -0.15) is 0 Å². The molecule has 1 aromatic rings. The van der Waals surface area contributed by atoms with Crippen LogP contribution in [0.25, 0.3) is 0 Å². The molecule has 2 nitrogen and oxygen atoms in total. The molecular formula is C16H26Cl2N2. The van der Waals surface area contributed by atoms with Gasteiger partial charge >= 0.3 is 0 Å². The van der Waals surface area contributed by atoms with E-state index in [9.17, 15) is 0 Å².